The summed E-state index contributed by atoms with van der Waals surface area (Å²) in [5.74, 6) is 1.82. The minimum Gasteiger partial charge on any atom is -0.341 e. The molecule has 2 heterocycles. The van der Waals surface area contributed by atoms with Crippen LogP contribution >= 0.6 is 0 Å². The van der Waals surface area contributed by atoms with Gasteiger partial charge in [-0.1, -0.05) is 29.4 Å². The fourth-order valence-electron chi connectivity index (χ4n) is 4.10. The van der Waals surface area contributed by atoms with Gasteiger partial charge < -0.3 is 9.42 Å². The average molecular weight is 325 g/mol. The van der Waals surface area contributed by atoms with Gasteiger partial charge in [0.05, 0.1) is 5.92 Å². The van der Waals surface area contributed by atoms with Crippen LogP contribution in [0.5, 0.6) is 0 Å². The highest BCUT2D eigenvalue weighted by Crippen LogP contribution is 2.34. The number of hydrogen-bond donors (Lipinski definition) is 0. The lowest BCUT2D eigenvalue weighted by Crippen LogP contribution is -2.42. The third kappa shape index (κ3) is 2.83. The topological polar surface area (TPSA) is 59.2 Å². The van der Waals surface area contributed by atoms with Crippen molar-refractivity contribution in [2.45, 2.75) is 50.9 Å². The van der Waals surface area contributed by atoms with Crippen LogP contribution in [0.1, 0.15) is 60.4 Å². The Morgan fingerprint density at radius 2 is 2.12 bits per heavy atom. The first-order chi connectivity index (χ1) is 11.7. The van der Waals surface area contributed by atoms with Crippen molar-refractivity contribution >= 4 is 5.91 Å². The lowest BCUT2D eigenvalue weighted by atomic mass is 9.81. The molecule has 4 rings (SSSR count). The number of amides is 1. The van der Waals surface area contributed by atoms with Crippen LogP contribution in [0.25, 0.3) is 0 Å². The molecule has 1 fully saturated rings. The van der Waals surface area contributed by atoms with Crippen LogP contribution in [0.2, 0.25) is 0 Å². The predicted molar refractivity (Wildman–Crippen MR) is 89.7 cm³/mol. The molecule has 0 spiro atoms. The number of aromatic nitrogens is 2. The largest absolute Gasteiger partial charge is 0.341 e. The Kier molecular flexibility index (Phi) is 4.08. The smallest absolute Gasteiger partial charge is 0.230 e. The van der Waals surface area contributed by atoms with E-state index in [1.54, 1.807) is 6.92 Å². The third-order valence-electron chi connectivity index (χ3n) is 5.31. The van der Waals surface area contributed by atoms with Crippen LogP contribution in [0.3, 0.4) is 0 Å². The number of fused-ring (bicyclic) bond motifs is 1. The van der Waals surface area contributed by atoms with Gasteiger partial charge in [0.25, 0.3) is 0 Å². The minimum absolute atomic E-state index is 0.0145. The van der Waals surface area contributed by atoms with E-state index in [1.807, 2.05) is 11.0 Å². The van der Waals surface area contributed by atoms with Crippen molar-refractivity contribution in [1.29, 1.82) is 0 Å². The van der Waals surface area contributed by atoms with Gasteiger partial charge in [-0.15, -0.1) is 0 Å². The van der Waals surface area contributed by atoms with Crippen molar-refractivity contribution in [3.05, 3.63) is 47.1 Å². The highest BCUT2D eigenvalue weighted by molar-refractivity contribution is 5.84. The molecule has 0 N–H and O–H groups in total. The molecule has 1 aliphatic carbocycles. The molecule has 5 heteroatoms. The lowest BCUT2D eigenvalue weighted by Gasteiger charge is -2.35. The molecule has 5 nitrogen and oxygen atoms in total. The summed E-state index contributed by atoms with van der Waals surface area (Å²) in [6, 6.07) is 8.41. The lowest BCUT2D eigenvalue weighted by molar-refractivity contribution is -0.134. The third-order valence-corrected chi connectivity index (χ3v) is 5.31. The van der Waals surface area contributed by atoms with E-state index in [0.29, 0.717) is 12.4 Å². The zero-order valence-electron chi connectivity index (χ0n) is 14.1. The number of carbonyl (C=O) groups is 1. The normalized spacial score (nSPS) is 23.8. The first kappa shape index (κ1) is 15.4. The number of hydrogen-bond acceptors (Lipinski definition) is 4. The van der Waals surface area contributed by atoms with E-state index in [4.69, 9.17) is 4.52 Å². The molecule has 1 aliphatic heterocycles. The summed E-state index contributed by atoms with van der Waals surface area (Å²) in [7, 11) is 0. The van der Waals surface area contributed by atoms with Gasteiger partial charge in [-0.3, -0.25) is 4.79 Å². The number of likely N-dealkylation sites (tertiary alicyclic amines) is 1. The molecular weight excluding hydrogens is 302 g/mol. The van der Waals surface area contributed by atoms with Crippen molar-refractivity contribution < 1.29 is 9.32 Å². The van der Waals surface area contributed by atoms with E-state index in [-0.39, 0.29) is 17.7 Å². The van der Waals surface area contributed by atoms with Gasteiger partial charge in [0.2, 0.25) is 11.8 Å². The van der Waals surface area contributed by atoms with Gasteiger partial charge in [-0.2, -0.15) is 4.98 Å². The molecule has 2 aromatic rings. The number of rotatable bonds is 2. The van der Waals surface area contributed by atoms with Crippen LogP contribution in [0, 0.1) is 6.92 Å². The van der Waals surface area contributed by atoms with Crippen LogP contribution in [-0.2, 0) is 11.2 Å². The van der Waals surface area contributed by atoms with Crippen molar-refractivity contribution in [1.82, 2.24) is 15.0 Å². The molecular formula is C19H23N3O2. The molecule has 126 valence electrons. The second kappa shape index (κ2) is 6.38. The summed E-state index contributed by atoms with van der Waals surface area (Å²) in [6.07, 6.45) is 5.15. The van der Waals surface area contributed by atoms with Crippen molar-refractivity contribution in [2.24, 2.45) is 0 Å². The van der Waals surface area contributed by atoms with E-state index in [9.17, 15) is 4.79 Å². The molecule has 1 saturated heterocycles. The highest BCUT2D eigenvalue weighted by Gasteiger charge is 2.33. The first-order valence-corrected chi connectivity index (χ1v) is 8.89. The van der Waals surface area contributed by atoms with E-state index in [1.165, 1.54) is 11.1 Å². The molecule has 0 unspecified atom stereocenters. The average Bonchev–Trinajstić information content (AvgIpc) is 3.07. The second-order valence-electron chi connectivity index (χ2n) is 6.94. The van der Waals surface area contributed by atoms with E-state index >= 15 is 0 Å². The van der Waals surface area contributed by atoms with E-state index in [0.717, 1.165) is 44.5 Å². The zero-order valence-corrected chi connectivity index (χ0v) is 14.1. The molecule has 24 heavy (non-hydrogen) atoms. The SMILES string of the molecule is Cc1nc([C@@H]2CCCN(C(=O)[C@@H]3CCCc4ccccc43)C2)no1. The number of nitrogens with zero attached hydrogens (tertiary/aromatic N) is 3. The quantitative estimate of drug-likeness (QED) is 0.851. The molecule has 2 aliphatic rings. The highest BCUT2D eigenvalue weighted by atomic mass is 16.5. The maximum Gasteiger partial charge on any atom is 0.230 e. The van der Waals surface area contributed by atoms with E-state index < -0.39 is 0 Å². The van der Waals surface area contributed by atoms with Crippen LogP contribution in [-0.4, -0.2) is 34.0 Å². The molecule has 0 saturated carbocycles. The summed E-state index contributed by atoms with van der Waals surface area (Å²) < 4.78 is 5.11. The van der Waals surface area contributed by atoms with Crippen molar-refractivity contribution in [3.8, 4) is 0 Å². The maximum absolute atomic E-state index is 13.2. The fraction of sp³-hybridized carbons (Fsp3) is 0.526. The molecule has 1 aromatic heterocycles. The maximum atomic E-state index is 13.2. The Balaban J connectivity index is 1.52. The minimum atomic E-state index is 0.0145. The standard InChI is InChI=1S/C19H23N3O2/c1-13-20-18(21-24-13)15-8-5-11-22(12-15)19(23)17-10-4-7-14-6-2-3-9-16(14)17/h2-3,6,9,15,17H,4-5,7-8,10-12H2,1H3/t15-,17-/m1/s1. The van der Waals surface area contributed by atoms with Gasteiger partial charge in [-0.05, 0) is 43.2 Å². The summed E-state index contributed by atoms with van der Waals surface area (Å²) in [5.41, 5.74) is 2.57. The Morgan fingerprint density at radius 1 is 1.25 bits per heavy atom. The molecule has 0 bridgehead atoms. The number of carbonyl (C=O) groups excluding carboxylic acids is 1. The van der Waals surface area contributed by atoms with Crippen molar-refractivity contribution in [2.75, 3.05) is 13.1 Å². The summed E-state index contributed by atoms with van der Waals surface area (Å²) in [6.45, 7) is 3.35. The fourth-order valence-corrected chi connectivity index (χ4v) is 4.10. The zero-order chi connectivity index (χ0) is 16.5. The first-order valence-electron chi connectivity index (χ1n) is 8.89. The summed E-state index contributed by atoms with van der Waals surface area (Å²) in [4.78, 5) is 19.5. The van der Waals surface area contributed by atoms with Crippen molar-refractivity contribution in [3.63, 3.8) is 0 Å². The number of aryl methyl sites for hydroxylation is 2. The monoisotopic (exact) mass is 325 g/mol. The van der Waals surface area contributed by atoms with Gasteiger partial charge in [0.15, 0.2) is 5.82 Å². The molecule has 2 atom stereocenters. The number of benzene rings is 1. The molecule has 1 aromatic carbocycles. The van der Waals surface area contributed by atoms with Crippen LogP contribution in [0.15, 0.2) is 28.8 Å². The Hall–Kier alpha value is -2.17. The van der Waals surface area contributed by atoms with Gasteiger partial charge in [-0.25, -0.2) is 0 Å². The van der Waals surface area contributed by atoms with Crippen LogP contribution < -0.4 is 0 Å². The summed E-state index contributed by atoms with van der Waals surface area (Å²) in [5, 5.41) is 4.06. The van der Waals surface area contributed by atoms with E-state index in [2.05, 4.69) is 28.3 Å². The number of piperidine rings is 1. The van der Waals surface area contributed by atoms with Crippen LogP contribution in [0.4, 0.5) is 0 Å². The molecule has 1 amide bonds. The van der Waals surface area contributed by atoms with Gasteiger partial charge in [0.1, 0.15) is 0 Å². The second-order valence-corrected chi connectivity index (χ2v) is 6.94. The Bertz CT molecular complexity index is 740. The van der Waals surface area contributed by atoms with Gasteiger partial charge >= 0.3 is 0 Å². The molecule has 0 radical (unpaired) electrons. The predicted octanol–water partition coefficient (Wildman–Crippen LogP) is 3.20. The Morgan fingerprint density at radius 3 is 2.96 bits per heavy atom. The summed E-state index contributed by atoms with van der Waals surface area (Å²) >= 11 is 0. The Labute approximate surface area is 142 Å². The van der Waals surface area contributed by atoms with Gasteiger partial charge in [0, 0.05) is 25.9 Å².